The maximum atomic E-state index is 12.1. The summed E-state index contributed by atoms with van der Waals surface area (Å²) in [5, 5.41) is 2.90. The van der Waals surface area contributed by atoms with Crippen molar-refractivity contribution in [1.82, 2.24) is 5.32 Å². The summed E-state index contributed by atoms with van der Waals surface area (Å²) in [5.74, 6) is 0.699. The van der Waals surface area contributed by atoms with Crippen molar-refractivity contribution < 1.29 is 9.53 Å². The van der Waals surface area contributed by atoms with Gasteiger partial charge in [0.1, 0.15) is 5.75 Å². The van der Waals surface area contributed by atoms with Crippen molar-refractivity contribution in [3.05, 3.63) is 29.3 Å². The van der Waals surface area contributed by atoms with Crippen molar-refractivity contribution in [2.75, 3.05) is 6.61 Å². The molecule has 3 N–H and O–H groups in total. The summed E-state index contributed by atoms with van der Waals surface area (Å²) in [6.45, 7) is 8.79. The first-order valence-corrected chi connectivity index (χ1v) is 7.20. The van der Waals surface area contributed by atoms with E-state index in [-0.39, 0.29) is 18.3 Å². The molecular formula is C16H27ClN2O2. The fourth-order valence-corrected chi connectivity index (χ4v) is 2.11. The smallest absolute Gasteiger partial charge is 0.240 e. The number of aryl methyl sites for hydroxylation is 1. The number of carbonyl (C=O) groups is 1. The Morgan fingerprint density at radius 3 is 2.62 bits per heavy atom. The van der Waals surface area contributed by atoms with Crippen LogP contribution in [0, 0.1) is 6.92 Å². The largest absolute Gasteiger partial charge is 0.494 e. The molecule has 1 aromatic rings. The maximum absolute atomic E-state index is 12.1. The highest BCUT2D eigenvalue weighted by Gasteiger charge is 2.26. The van der Waals surface area contributed by atoms with Gasteiger partial charge in [-0.3, -0.25) is 4.79 Å². The molecule has 21 heavy (non-hydrogen) atoms. The van der Waals surface area contributed by atoms with Gasteiger partial charge in [-0.25, -0.2) is 0 Å². The zero-order valence-corrected chi connectivity index (χ0v) is 14.2. The molecule has 0 saturated carbocycles. The summed E-state index contributed by atoms with van der Waals surface area (Å²) >= 11 is 0. The number of hydrogen-bond acceptors (Lipinski definition) is 3. The van der Waals surface area contributed by atoms with E-state index < -0.39 is 5.54 Å². The summed E-state index contributed by atoms with van der Waals surface area (Å²) < 4.78 is 5.60. The van der Waals surface area contributed by atoms with Crippen molar-refractivity contribution >= 4 is 18.3 Å². The van der Waals surface area contributed by atoms with Gasteiger partial charge in [0.05, 0.1) is 12.1 Å². The Labute approximate surface area is 133 Å². The van der Waals surface area contributed by atoms with Crippen LogP contribution in [0.1, 0.15) is 44.7 Å². The molecule has 0 heterocycles. The van der Waals surface area contributed by atoms with Gasteiger partial charge >= 0.3 is 0 Å². The molecule has 1 rings (SSSR count). The van der Waals surface area contributed by atoms with Gasteiger partial charge in [0.25, 0.3) is 0 Å². The first-order chi connectivity index (χ1) is 9.40. The van der Waals surface area contributed by atoms with E-state index in [1.54, 1.807) is 6.92 Å². The maximum Gasteiger partial charge on any atom is 0.240 e. The number of amides is 1. The van der Waals surface area contributed by atoms with E-state index in [0.717, 1.165) is 23.3 Å². The number of nitrogens with one attached hydrogen (secondary N) is 1. The van der Waals surface area contributed by atoms with Gasteiger partial charge in [0.2, 0.25) is 5.91 Å². The molecule has 1 unspecified atom stereocenters. The minimum Gasteiger partial charge on any atom is -0.494 e. The Hall–Kier alpha value is -1.26. The zero-order chi connectivity index (χ0) is 15.2. The fourth-order valence-electron chi connectivity index (χ4n) is 2.11. The van der Waals surface area contributed by atoms with E-state index in [2.05, 4.69) is 5.32 Å². The van der Waals surface area contributed by atoms with E-state index in [1.165, 1.54) is 0 Å². The van der Waals surface area contributed by atoms with Crippen LogP contribution in [0.4, 0.5) is 0 Å². The lowest BCUT2D eigenvalue weighted by Crippen LogP contribution is -2.51. The van der Waals surface area contributed by atoms with Gasteiger partial charge in [-0.2, -0.15) is 0 Å². The third kappa shape index (κ3) is 5.94. The Balaban J connectivity index is 0.00000400. The number of carbonyl (C=O) groups excluding carboxylic acids is 1. The number of halogens is 1. The third-order valence-corrected chi connectivity index (χ3v) is 3.25. The second kappa shape index (κ2) is 8.90. The quantitative estimate of drug-likeness (QED) is 0.813. The van der Waals surface area contributed by atoms with Crippen molar-refractivity contribution in [3.8, 4) is 5.75 Å². The molecule has 1 atom stereocenters. The van der Waals surface area contributed by atoms with Gasteiger partial charge in [0.15, 0.2) is 0 Å². The van der Waals surface area contributed by atoms with Crippen LogP contribution in [-0.2, 0) is 11.3 Å². The second-order valence-corrected chi connectivity index (χ2v) is 5.39. The predicted molar refractivity (Wildman–Crippen MR) is 88.9 cm³/mol. The minimum atomic E-state index is -0.814. The highest BCUT2D eigenvalue weighted by molar-refractivity contribution is 5.85. The predicted octanol–water partition coefficient (Wildman–Crippen LogP) is 2.95. The minimum absolute atomic E-state index is 0. The summed E-state index contributed by atoms with van der Waals surface area (Å²) in [6, 6.07) is 5.98. The average Bonchev–Trinajstić information content (AvgIpc) is 2.37. The van der Waals surface area contributed by atoms with Crippen molar-refractivity contribution in [2.45, 2.75) is 52.6 Å². The topological polar surface area (TPSA) is 64.4 Å². The number of nitrogens with two attached hydrogens (primary N) is 1. The molecule has 1 amide bonds. The van der Waals surface area contributed by atoms with Crippen molar-refractivity contribution in [3.63, 3.8) is 0 Å². The highest BCUT2D eigenvalue weighted by Crippen LogP contribution is 2.20. The summed E-state index contributed by atoms with van der Waals surface area (Å²) in [5.41, 5.74) is 7.31. The Bertz CT molecular complexity index is 462. The molecule has 4 nitrogen and oxygen atoms in total. The number of hydrogen-bond donors (Lipinski definition) is 2. The van der Waals surface area contributed by atoms with Crippen LogP contribution in [0.25, 0.3) is 0 Å². The van der Waals surface area contributed by atoms with Crippen LogP contribution < -0.4 is 15.8 Å². The standard InChI is InChI=1S/C16H26N2O2.ClH/c1-5-9-16(4,17)15(19)18-11-13-8-7-12(3)10-14(13)20-6-2;/h7-8,10H,5-6,9,11,17H2,1-4H3,(H,18,19);1H. The van der Waals surface area contributed by atoms with Crippen LogP contribution >= 0.6 is 12.4 Å². The molecule has 0 spiro atoms. The third-order valence-electron chi connectivity index (χ3n) is 3.25. The number of ether oxygens (including phenoxy) is 1. The summed E-state index contributed by atoms with van der Waals surface area (Å²) in [6.07, 6.45) is 1.56. The first-order valence-electron chi connectivity index (χ1n) is 7.20. The second-order valence-electron chi connectivity index (χ2n) is 5.39. The Morgan fingerprint density at radius 1 is 1.38 bits per heavy atom. The van der Waals surface area contributed by atoms with Gasteiger partial charge in [0, 0.05) is 12.1 Å². The summed E-state index contributed by atoms with van der Waals surface area (Å²) in [7, 11) is 0. The van der Waals surface area contributed by atoms with Crippen molar-refractivity contribution in [2.24, 2.45) is 5.73 Å². The van der Waals surface area contributed by atoms with Gasteiger partial charge < -0.3 is 15.8 Å². The molecule has 0 radical (unpaired) electrons. The summed E-state index contributed by atoms with van der Waals surface area (Å²) in [4.78, 5) is 12.1. The van der Waals surface area contributed by atoms with E-state index in [9.17, 15) is 4.79 Å². The van der Waals surface area contributed by atoms with E-state index in [4.69, 9.17) is 10.5 Å². The highest BCUT2D eigenvalue weighted by atomic mass is 35.5. The molecule has 0 saturated heterocycles. The Kier molecular flexibility index (Phi) is 8.37. The Morgan fingerprint density at radius 2 is 2.05 bits per heavy atom. The van der Waals surface area contributed by atoms with E-state index in [1.807, 2.05) is 39.0 Å². The van der Waals surface area contributed by atoms with Gasteiger partial charge in [-0.05, 0) is 38.8 Å². The van der Waals surface area contributed by atoms with E-state index in [0.29, 0.717) is 19.6 Å². The molecule has 0 aromatic heterocycles. The lowest BCUT2D eigenvalue weighted by Gasteiger charge is -2.23. The first kappa shape index (κ1) is 19.7. The van der Waals surface area contributed by atoms with Gasteiger partial charge in [-0.1, -0.05) is 25.5 Å². The van der Waals surface area contributed by atoms with Gasteiger partial charge in [-0.15, -0.1) is 12.4 Å². The molecule has 0 aliphatic rings. The monoisotopic (exact) mass is 314 g/mol. The fraction of sp³-hybridized carbons (Fsp3) is 0.562. The zero-order valence-electron chi connectivity index (χ0n) is 13.4. The lowest BCUT2D eigenvalue weighted by atomic mass is 9.96. The number of rotatable bonds is 7. The molecular weight excluding hydrogens is 288 g/mol. The number of benzene rings is 1. The average molecular weight is 315 g/mol. The molecule has 0 aliphatic carbocycles. The molecule has 0 aliphatic heterocycles. The van der Waals surface area contributed by atoms with Crippen molar-refractivity contribution in [1.29, 1.82) is 0 Å². The van der Waals surface area contributed by atoms with Crippen LogP contribution in [0.15, 0.2) is 18.2 Å². The van der Waals surface area contributed by atoms with Crippen LogP contribution in [-0.4, -0.2) is 18.1 Å². The normalized spacial score (nSPS) is 13.0. The van der Waals surface area contributed by atoms with Crippen LogP contribution in [0.2, 0.25) is 0 Å². The van der Waals surface area contributed by atoms with E-state index >= 15 is 0 Å². The SMILES string of the molecule is CCCC(C)(N)C(=O)NCc1ccc(C)cc1OCC.Cl. The molecule has 5 heteroatoms. The van der Waals surface area contributed by atoms with Crippen LogP contribution in [0.3, 0.4) is 0 Å². The van der Waals surface area contributed by atoms with Crippen LogP contribution in [0.5, 0.6) is 5.75 Å². The molecule has 0 fully saturated rings. The molecule has 120 valence electrons. The molecule has 1 aromatic carbocycles. The lowest BCUT2D eigenvalue weighted by molar-refractivity contribution is -0.126. The molecule has 0 bridgehead atoms.